The molecule has 1 aromatic heterocycles. The van der Waals surface area contributed by atoms with Gasteiger partial charge in [-0.1, -0.05) is 27.2 Å². The van der Waals surface area contributed by atoms with E-state index in [1.807, 2.05) is 11.3 Å². The van der Waals surface area contributed by atoms with Crippen molar-refractivity contribution in [3.05, 3.63) is 15.6 Å². The topological polar surface area (TPSA) is 28.2 Å². The monoisotopic (exact) mass is 269 g/mol. The number of hydrogen-bond donors (Lipinski definition) is 1. The van der Waals surface area contributed by atoms with Crippen LogP contribution < -0.4 is 5.32 Å². The highest BCUT2D eigenvalue weighted by Gasteiger charge is 2.14. The van der Waals surface area contributed by atoms with Crippen molar-refractivity contribution in [3.8, 4) is 0 Å². The van der Waals surface area contributed by atoms with Crippen LogP contribution >= 0.6 is 11.3 Å². The van der Waals surface area contributed by atoms with Gasteiger partial charge in [-0.15, -0.1) is 11.3 Å². The molecule has 0 unspecified atom stereocenters. The molecule has 0 radical (unpaired) electrons. The summed E-state index contributed by atoms with van der Waals surface area (Å²) in [5.74, 6) is 0.514. The lowest BCUT2D eigenvalue weighted by atomic mass is 10.1. The summed E-state index contributed by atoms with van der Waals surface area (Å²) >= 11 is 1.86. The van der Waals surface area contributed by atoms with Crippen molar-refractivity contribution in [2.75, 3.05) is 20.6 Å². The molecule has 1 heterocycles. The lowest BCUT2D eigenvalue weighted by Crippen LogP contribution is -2.14. The molecule has 4 heteroatoms. The standard InChI is InChI=1S/C14H27N3S/c1-6-7-8-15-9-12-14(11(2)3)16-13(18-12)10-17(4)5/h11,15H,6-10H2,1-5H3. The summed E-state index contributed by atoms with van der Waals surface area (Å²) in [5.41, 5.74) is 1.28. The van der Waals surface area contributed by atoms with E-state index in [4.69, 9.17) is 4.98 Å². The zero-order valence-electron chi connectivity index (χ0n) is 12.4. The van der Waals surface area contributed by atoms with Gasteiger partial charge >= 0.3 is 0 Å². The molecule has 0 aliphatic carbocycles. The van der Waals surface area contributed by atoms with E-state index in [1.165, 1.54) is 28.4 Å². The van der Waals surface area contributed by atoms with Gasteiger partial charge in [0.05, 0.1) is 5.69 Å². The van der Waals surface area contributed by atoms with Crippen LogP contribution in [0.25, 0.3) is 0 Å². The number of nitrogens with one attached hydrogen (secondary N) is 1. The maximum Gasteiger partial charge on any atom is 0.107 e. The van der Waals surface area contributed by atoms with Gasteiger partial charge in [0.15, 0.2) is 0 Å². The van der Waals surface area contributed by atoms with Crippen molar-refractivity contribution in [1.82, 2.24) is 15.2 Å². The predicted molar refractivity (Wildman–Crippen MR) is 80.2 cm³/mol. The van der Waals surface area contributed by atoms with E-state index in [9.17, 15) is 0 Å². The number of rotatable bonds is 8. The molecule has 1 N–H and O–H groups in total. The Morgan fingerprint density at radius 1 is 1.33 bits per heavy atom. The number of thiazole rings is 1. The second-order valence-electron chi connectivity index (χ2n) is 5.34. The van der Waals surface area contributed by atoms with Crippen LogP contribution in [0.15, 0.2) is 0 Å². The van der Waals surface area contributed by atoms with Crippen molar-refractivity contribution < 1.29 is 0 Å². The summed E-state index contributed by atoms with van der Waals surface area (Å²) < 4.78 is 0. The van der Waals surface area contributed by atoms with Gasteiger partial charge < -0.3 is 10.2 Å². The van der Waals surface area contributed by atoms with Crippen molar-refractivity contribution in [2.45, 2.75) is 52.6 Å². The molecule has 0 aromatic carbocycles. The molecule has 104 valence electrons. The maximum atomic E-state index is 4.79. The second-order valence-corrected chi connectivity index (χ2v) is 6.51. The second kappa shape index (κ2) is 7.87. The Kier molecular flexibility index (Phi) is 6.82. The first-order valence-electron chi connectivity index (χ1n) is 6.88. The van der Waals surface area contributed by atoms with Crippen LogP contribution in [0.5, 0.6) is 0 Å². The Balaban J connectivity index is 2.65. The van der Waals surface area contributed by atoms with E-state index in [-0.39, 0.29) is 0 Å². The number of hydrogen-bond acceptors (Lipinski definition) is 4. The SMILES string of the molecule is CCCCNCc1sc(CN(C)C)nc1C(C)C. The Bertz CT molecular complexity index is 345. The highest BCUT2D eigenvalue weighted by atomic mass is 32.1. The summed E-state index contributed by atoms with van der Waals surface area (Å²) in [7, 11) is 4.19. The molecule has 0 spiro atoms. The highest BCUT2D eigenvalue weighted by molar-refractivity contribution is 7.11. The zero-order chi connectivity index (χ0) is 13.5. The molecule has 0 bridgehead atoms. The lowest BCUT2D eigenvalue weighted by molar-refractivity contribution is 0.401. The van der Waals surface area contributed by atoms with E-state index >= 15 is 0 Å². The first-order valence-corrected chi connectivity index (χ1v) is 7.70. The average molecular weight is 269 g/mol. The summed E-state index contributed by atoms with van der Waals surface area (Å²) in [5, 5.41) is 4.75. The van der Waals surface area contributed by atoms with Crippen LogP contribution in [0, 0.1) is 0 Å². The van der Waals surface area contributed by atoms with Gasteiger partial charge in [0, 0.05) is 18.0 Å². The Morgan fingerprint density at radius 2 is 2.06 bits per heavy atom. The van der Waals surface area contributed by atoms with Gasteiger partial charge in [-0.25, -0.2) is 4.98 Å². The van der Waals surface area contributed by atoms with Crippen LogP contribution in [0.3, 0.4) is 0 Å². The number of unbranched alkanes of at least 4 members (excludes halogenated alkanes) is 1. The minimum absolute atomic E-state index is 0.514. The summed E-state index contributed by atoms with van der Waals surface area (Å²) in [6.07, 6.45) is 2.50. The maximum absolute atomic E-state index is 4.79. The molecular weight excluding hydrogens is 242 g/mol. The first-order chi connectivity index (χ1) is 8.54. The Morgan fingerprint density at radius 3 is 2.61 bits per heavy atom. The third-order valence-electron chi connectivity index (χ3n) is 2.76. The molecular formula is C14H27N3S. The largest absolute Gasteiger partial charge is 0.312 e. The molecule has 0 aliphatic rings. The van der Waals surface area contributed by atoms with Crippen molar-refractivity contribution in [2.24, 2.45) is 0 Å². The summed E-state index contributed by atoms with van der Waals surface area (Å²) in [4.78, 5) is 8.38. The van der Waals surface area contributed by atoms with Gasteiger partial charge in [-0.05, 0) is 33.0 Å². The van der Waals surface area contributed by atoms with Crippen molar-refractivity contribution in [3.63, 3.8) is 0 Å². The Hall–Kier alpha value is -0.450. The fraction of sp³-hybridized carbons (Fsp3) is 0.786. The number of aromatic nitrogens is 1. The van der Waals surface area contributed by atoms with Crippen LogP contribution in [-0.4, -0.2) is 30.5 Å². The third-order valence-corrected chi connectivity index (χ3v) is 3.82. The molecule has 18 heavy (non-hydrogen) atoms. The van der Waals surface area contributed by atoms with Gasteiger partial charge in [0.1, 0.15) is 5.01 Å². The lowest BCUT2D eigenvalue weighted by Gasteiger charge is -2.06. The van der Waals surface area contributed by atoms with E-state index in [0.717, 1.165) is 19.6 Å². The van der Waals surface area contributed by atoms with E-state index in [2.05, 4.69) is 45.1 Å². The van der Waals surface area contributed by atoms with Gasteiger partial charge in [0.2, 0.25) is 0 Å². The first kappa shape index (κ1) is 15.6. The van der Waals surface area contributed by atoms with E-state index in [0.29, 0.717) is 5.92 Å². The third kappa shape index (κ3) is 5.04. The van der Waals surface area contributed by atoms with Gasteiger partial charge in [0.25, 0.3) is 0 Å². The van der Waals surface area contributed by atoms with E-state index in [1.54, 1.807) is 0 Å². The molecule has 3 nitrogen and oxygen atoms in total. The molecule has 0 aliphatic heterocycles. The summed E-state index contributed by atoms with van der Waals surface area (Å²) in [6.45, 7) is 9.70. The normalized spacial score (nSPS) is 11.7. The minimum Gasteiger partial charge on any atom is -0.312 e. The van der Waals surface area contributed by atoms with Crippen LogP contribution in [0.4, 0.5) is 0 Å². The fourth-order valence-electron chi connectivity index (χ4n) is 1.83. The molecule has 0 atom stereocenters. The molecule has 0 saturated carbocycles. The van der Waals surface area contributed by atoms with E-state index < -0.39 is 0 Å². The van der Waals surface area contributed by atoms with Crippen LogP contribution in [0.1, 0.15) is 55.1 Å². The molecule has 0 fully saturated rings. The minimum atomic E-state index is 0.514. The quantitative estimate of drug-likeness (QED) is 0.735. The molecule has 1 aromatic rings. The van der Waals surface area contributed by atoms with Gasteiger partial charge in [-0.3, -0.25) is 0 Å². The van der Waals surface area contributed by atoms with Crippen LogP contribution in [-0.2, 0) is 13.1 Å². The smallest absolute Gasteiger partial charge is 0.107 e. The van der Waals surface area contributed by atoms with Crippen molar-refractivity contribution in [1.29, 1.82) is 0 Å². The summed E-state index contributed by atoms with van der Waals surface area (Å²) in [6, 6.07) is 0. The van der Waals surface area contributed by atoms with Crippen molar-refractivity contribution >= 4 is 11.3 Å². The highest BCUT2D eigenvalue weighted by Crippen LogP contribution is 2.25. The average Bonchev–Trinajstić information content (AvgIpc) is 2.67. The zero-order valence-corrected chi connectivity index (χ0v) is 13.2. The molecule has 0 saturated heterocycles. The van der Waals surface area contributed by atoms with Crippen LogP contribution in [0.2, 0.25) is 0 Å². The fourth-order valence-corrected chi connectivity index (χ4v) is 3.14. The Labute approximate surface area is 116 Å². The molecule has 0 amide bonds. The van der Waals surface area contributed by atoms with Gasteiger partial charge in [-0.2, -0.15) is 0 Å². The molecule has 1 rings (SSSR count). The predicted octanol–water partition coefficient (Wildman–Crippen LogP) is 3.22. The number of nitrogens with zero attached hydrogens (tertiary/aromatic N) is 2.